The van der Waals surface area contributed by atoms with Gasteiger partial charge in [-0.15, -0.1) is 17.5 Å². The predicted octanol–water partition coefficient (Wildman–Crippen LogP) is 6.62. The first-order valence-corrected chi connectivity index (χ1v) is 11.1. The van der Waals surface area contributed by atoms with E-state index in [2.05, 4.69) is 20.7 Å². The van der Waals surface area contributed by atoms with Crippen LogP contribution in [0.4, 0.5) is 11.9 Å². The minimum atomic E-state index is -0.321. The average molecular weight is 513 g/mol. The zero-order valence-electron chi connectivity index (χ0n) is 18.0. The summed E-state index contributed by atoms with van der Waals surface area (Å²) in [5, 5.41) is 11.9. The fourth-order valence-electron chi connectivity index (χ4n) is 3.66. The fraction of sp³-hybridized carbons (Fsp3) is 0.0800. The molecule has 0 saturated carbocycles. The van der Waals surface area contributed by atoms with Crippen LogP contribution in [0.3, 0.4) is 0 Å². The SMILES string of the molecule is Cc1ccc(C(=O)Nc2nc3n(n2)C(c2ccccc2Cl)C=C(c2ccc(Cl)cc2)N3)cc1.Cl. The summed E-state index contributed by atoms with van der Waals surface area (Å²) in [6.07, 6.45) is 2.03. The third-order valence-electron chi connectivity index (χ3n) is 5.38. The number of fused-ring (bicyclic) bond motifs is 1. The standard InChI is InChI=1S/C25H19Cl2N5O.ClH/c1-15-6-8-17(9-7-15)23(33)29-24-30-25-28-21(16-10-12-18(26)13-11-16)14-22(32(25)31-24)19-4-2-3-5-20(19)27;/h2-14,22H,1H3,(H2,28,29,30,31,33);1H. The molecule has 3 aromatic carbocycles. The van der Waals surface area contributed by atoms with Crippen molar-refractivity contribution in [3.05, 3.63) is 111 Å². The van der Waals surface area contributed by atoms with Crippen molar-refractivity contribution < 1.29 is 4.79 Å². The molecule has 2 N–H and O–H groups in total. The maximum Gasteiger partial charge on any atom is 0.258 e. The Morgan fingerprint density at radius 1 is 1.00 bits per heavy atom. The van der Waals surface area contributed by atoms with E-state index in [1.165, 1.54) is 0 Å². The first kappa shape index (κ1) is 23.8. The van der Waals surface area contributed by atoms with E-state index in [9.17, 15) is 4.79 Å². The molecule has 1 amide bonds. The van der Waals surface area contributed by atoms with Crippen molar-refractivity contribution in [3.63, 3.8) is 0 Å². The quantitative estimate of drug-likeness (QED) is 0.322. The van der Waals surface area contributed by atoms with Gasteiger partial charge in [-0.05, 0) is 54.5 Å². The number of nitrogens with zero attached hydrogens (tertiary/aromatic N) is 3. The van der Waals surface area contributed by atoms with Crippen LogP contribution in [0.15, 0.2) is 78.9 Å². The van der Waals surface area contributed by atoms with Crippen LogP contribution in [0.1, 0.15) is 33.1 Å². The minimum absolute atomic E-state index is 0. The molecule has 1 aliphatic rings. The third-order valence-corrected chi connectivity index (χ3v) is 5.98. The Morgan fingerprint density at radius 3 is 2.41 bits per heavy atom. The summed E-state index contributed by atoms with van der Waals surface area (Å²) in [6, 6.07) is 22.1. The van der Waals surface area contributed by atoms with E-state index in [0.717, 1.165) is 22.4 Å². The molecule has 1 aliphatic heterocycles. The number of hydrogen-bond acceptors (Lipinski definition) is 4. The Labute approximate surface area is 213 Å². The summed E-state index contributed by atoms with van der Waals surface area (Å²) in [6.45, 7) is 1.97. The van der Waals surface area contributed by atoms with E-state index in [1.807, 2.05) is 73.7 Å². The molecule has 2 heterocycles. The van der Waals surface area contributed by atoms with Crippen molar-refractivity contribution in [2.24, 2.45) is 0 Å². The van der Waals surface area contributed by atoms with Gasteiger partial charge < -0.3 is 5.32 Å². The monoisotopic (exact) mass is 511 g/mol. The van der Waals surface area contributed by atoms with Gasteiger partial charge in [0.1, 0.15) is 6.04 Å². The highest BCUT2D eigenvalue weighted by molar-refractivity contribution is 6.31. The average Bonchev–Trinajstić information content (AvgIpc) is 3.22. The van der Waals surface area contributed by atoms with E-state index in [-0.39, 0.29) is 30.3 Å². The Balaban J connectivity index is 0.00000274. The number of benzene rings is 3. The van der Waals surface area contributed by atoms with E-state index in [1.54, 1.807) is 16.8 Å². The van der Waals surface area contributed by atoms with Crippen molar-refractivity contribution in [3.8, 4) is 0 Å². The second kappa shape index (κ2) is 9.89. The lowest BCUT2D eigenvalue weighted by Crippen LogP contribution is -2.20. The normalized spacial score (nSPS) is 14.3. The number of carbonyl (C=O) groups excluding carboxylic acids is 1. The number of rotatable bonds is 4. The van der Waals surface area contributed by atoms with Crippen LogP contribution in [-0.4, -0.2) is 20.7 Å². The lowest BCUT2D eigenvalue weighted by molar-refractivity contribution is 0.102. The van der Waals surface area contributed by atoms with Crippen LogP contribution in [0.2, 0.25) is 10.0 Å². The van der Waals surface area contributed by atoms with Gasteiger partial charge >= 0.3 is 0 Å². The van der Waals surface area contributed by atoms with Crippen molar-refractivity contribution in [1.82, 2.24) is 14.8 Å². The van der Waals surface area contributed by atoms with E-state index in [0.29, 0.717) is 21.6 Å². The lowest BCUT2D eigenvalue weighted by Gasteiger charge is -2.24. The molecular weight excluding hydrogens is 493 g/mol. The Morgan fingerprint density at radius 2 is 1.71 bits per heavy atom. The zero-order chi connectivity index (χ0) is 22.9. The maximum absolute atomic E-state index is 12.7. The molecule has 172 valence electrons. The van der Waals surface area contributed by atoms with Gasteiger partial charge in [0, 0.05) is 21.3 Å². The van der Waals surface area contributed by atoms with Gasteiger partial charge in [-0.25, -0.2) is 4.68 Å². The molecule has 34 heavy (non-hydrogen) atoms. The molecule has 4 aromatic rings. The van der Waals surface area contributed by atoms with Gasteiger partial charge in [0.05, 0.1) is 0 Å². The zero-order valence-corrected chi connectivity index (χ0v) is 20.3. The van der Waals surface area contributed by atoms with Crippen LogP contribution in [-0.2, 0) is 0 Å². The van der Waals surface area contributed by atoms with Crippen molar-refractivity contribution in [2.75, 3.05) is 10.6 Å². The molecule has 9 heteroatoms. The number of nitrogens with one attached hydrogen (secondary N) is 2. The van der Waals surface area contributed by atoms with Gasteiger partial charge in [-0.2, -0.15) is 4.98 Å². The summed E-state index contributed by atoms with van der Waals surface area (Å²) < 4.78 is 1.71. The predicted molar refractivity (Wildman–Crippen MR) is 139 cm³/mol. The minimum Gasteiger partial charge on any atom is -0.324 e. The van der Waals surface area contributed by atoms with Crippen LogP contribution in [0.25, 0.3) is 5.70 Å². The van der Waals surface area contributed by atoms with Crippen molar-refractivity contribution in [2.45, 2.75) is 13.0 Å². The fourth-order valence-corrected chi connectivity index (χ4v) is 4.03. The van der Waals surface area contributed by atoms with Gasteiger partial charge in [-0.3, -0.25) is 10.1 Å². The first-order valence-electron chi connectivity index (χ1n) is 10.3. The number of anilines is 2. The largest absolute Gasteiger partial charge is 0.324 e. The highest BCUT2D eigenvalue weighted by atomic mass is 35.5. The highest BCUT2D eigenvalue weighted by Crippen LogP contribution is 2.36. The van der Waals surface area contributed by atoms with E-state index >= 15 is 0 Å². The van der Waals surface area contributed by atoms with Crippen molar-refractivity contribution >= 4 is 59.1 Å². The van der Waals surface area contributed by atoms with E-state index < -0.39 is 0 Å². The molecule has 0 saturated heterocycles. The molecule has 0 bridgehead atoms. The summed E-state index contributed by atoms with van der Waals surface area (Å²) in [5.41, 5.74) is 4.26. The Kier molecular flexibility index (Phi) is 6.93. The summed E-state index contributed by atoms with van der Waals surface area (Å²) in [5.74, 6) is 0.413. The van der Waals surface area contributed by atoms with Crippen molar-refractivity contribution in [1.29, 1.82) is 0 Å². The second-order valence-corrected chi connectivity index (χ2v) is 8.55. The molecule has 6 nitrogen and oxygen atoms in total. The van der Waals surface area contributed by atoms with Gasteiger partial charge in [-0.1, -0.05) is 71.2 Å². The Hall–Kier alpha value is -3.32. The highest BCUT2D eigenvalue weighted by Gasteiger charge is 2.27. The van der Waals surface area contributed by atoms with E-state index in [4.69, 9.17) is 23.2 Å². The topological polar surface area (TPSA) is 71.8 Å². The smallest absolute Gasteiger partial charge is 0.258 e. The first-order chi connectivity index (χ1) is 16.0. The lowest BCUT2D eigenvalue weighted by atomic mass is 10.0. The second-order valence-electron chi connectivity index (χ2n) is 7.70. The Bertz CT molecular complexity index is 1360. The summed E-state index contributed by atoms with van der Waals surface area (Å²) in [7, 11) is 0. The van der Waals surface area contributed by atoms with Gasteiger partial charge in [0.25, 0.3) is 11.9 Å². The number of amides is 1. The van der Waals surface area contributed by atoms with Crippen LogP contribution >= 0.6 is 35.6 Å². The van der Waals surface area contributed by atoms with Crippen LogP contribution in [0.5, 0.6) is 0 Å². The number of aromatic nitrogens is 3. The molecule has 1 atom stereocenters. The number of halogens is 3. The molecule has 1 aromatic heterocycles. The summed E-state index contributed by atoms with van der Waals surface area (Å²) >= 11 is 12.6. The molecule has 5 rings (SSSR count). The molecule has 0 aliphatic carbocycles. The number of hydrogen-bond donors (Lipinski definition) is 2. The number of carbonyl (C=O) groups is 1. The van der Waals surface area contributed by atoms with Gasteiger partial charge in [0.2, 0.25) is 5.95 Å². The summed E-state index contributed by atoms with van der Waals surface area (Å²) in [4.78, 5) is 17.2. The number of allylic oxidation sites excluding steroid dienone is 1. The molecule has 0 spiro atoms. The van der Waals surface area contributed by atoms with Crippen LogP contribution in [0, 0.1) is 6.92 Å². The third kappa shape index (κ3) is 4.80. The molecule has 0 radical (unpaired) electrons. The molecular formula is C25H20Cl3N5O. The molecule has 1 unspecified atom stereocenters. The van der Waals surface area contributed by atoms with Crippen LogP contribution < -0.4 is 10.6 Å². The maximum atomic E-state index is 12.7. The van der Waals surface area contributed by atoms with Gasteiger partial charge in [0.15, 0.2) is 0 Å². The number of aryl methyl sites for hydroxylation is 1. The molecule has 0 fully saturated rings.